The summed E-state index contributed by atoms with van der Waals surface area (Å²) in [6, 6.07) is -1.83. The van der Waals surface area contributed by atoms with E-state index in [9.17, 15) is 19.2 Å². The summed E-state index contributed by atoms with van der Waals surface area (Å²) < 4.78 is 5.32. The third kappa shape index (κ3) is 10.9. The number of carboxylic acids is 1. The van der Waals surface area contributed by atoms with Gasteiger partial charge in [0.2, 0.25) is 11.8 Å². The summed E-state index contributed by atoms with van der Waals surface area (Å²) in [7, 11) is 2.42. The van der Waals surface area contributed by atoms with Gasteiger partial charge in [-0.3, -0.25) is 9.59 Å². The molecule has 0 rings (SSSR count). The molecule has 0 aromatic carbocycles. The van der Waals surface area contributed by atoms with E-state index < -0.39 is 29.9 Å². The van der Waals surface area contributed by atoms with Crippen molar-refractivity contribution in [3.63, 3.8) is 0 Å². The molecule has 3 unspecified atom stereocenters. The van der Waals surface area contributed by atoms with Crippen LogP contribution in [-0.2, 0) is 23.9 Å². The zero-order chi connectivity index (χ0) is 19.6. The van der Waals surface area contributed by atoms with E-state index >= 15 is 0 Å². The lowest BCUT2D eigenvalue weighted by Crippen LogP contribution is -2.44. The van der Waals surface area contributed by atoms with Gasteiger partial charge in [-0.1, -0.05) is 35.4 Å². The lowest BCUT2D eigenvalue weighted by atomic mass is 10.1. The van der Waals surface area contributed by atoms with Crippen molar-refractivity contribution in [1.82, 2.24) is 10.6 Å². The van der Waals surface area contributed by atoms with Crippen LogP contribution in [0.4, 0.5) is 0 Å². The number of carboxylic acid groups (broad SMARTS) is 1. The molecule has 0 saturated carbocycles. The average molecular weight is 395 g/mol. The average Bonchev–Trinajstić information content (AvgIpc) is 2.47. The number of nitrogens with one attached hydrogen (secondary N) is 2. The molecular weight excluding hydrogens is 368 g/mol. The van der Waals surface area contributed by atoms with Crippen molar-refractivity contribution in [2.24, 2.45) is 5.92 Å². The van der Waals surface area contributed by atoms with Gasteiger partial charge in [0.25, 0.3) is 0 Å². The molecule has 0 heterocycles. The van der Waals surface area contributed by atoms with Crippen molar-refractivity contribution >= 4 is 45.3 Å². The smallest absolute Gasteiger partial charge is 0.329 e. The molecular formula is C15H26N2O6S2. The maximum atomic E-state index is 12.2. The quantitative estimate of drug-likeness (QED) is 0.270. The fourth-order valence-corrected chi connectivity index (χ4v) is 3.77. The van der Waals surface area contributed by atoms with Gasteiger partial charge >= 0.3 is 11.9 Å². The molecule has 0 aromatic heterocycles. The standard InChI is InChI=1S/C15H26N2O6S2/c1-8(2)9(3)23-15(22)13(17-11(5)19)7-25-24-6-12(14(20)21)16-10(4)18/h8-9,12-13H,6-7H2,1-5H3,(H,16,18)(H,17,19)(H,20,21). The van der Waals surface area contributed by atoms with E-state index in [4.69, 9.17) is 9.84 Å². The first-order chi connectivity index (χ1) is 11.5. The Hall–Kier alpha value is -1.42. The molecule has 0 saturated heterocycles. The van der Waals surface area contributed by atoms with Crippen LogP contribution in [0.3, 0.4) is 0 Å². The van der Waals surface area contributed by atoms with Gasteiger partial charge in [0.1, 0.15) is 18.2 Å². The zero-order valence-corrected chi connectivity index (χ0v) is 16.7. The van der Waals surface area contributed by atoms with Gasteiger partial charge in [-0.05, 0) is 12.8 Å². The van der Waals surface area contributed by atoms with E-state index in [2.05, 4.69) is 10.6 Å². The first-order valence-corrected chi connectivity index (χ1v) is 10.2. The van der Waals surface area contributed by atoms with Crippen molar-refractivity contribution < 1.29 is 29.0 Å². The predicted octanol–water partition coefficient (Wildman–Crippen LogP) is 1.05. The fourth-order valence-electron chi connectivity index (χ4n) is 1.47. The third-order valence-electron chi connectivity index (χ3n) is 3.13. The Kier molecular flexibility index (Phi) is 11.3. The van der Waals surface area contributed by atoms with Gasteiger partial charge in [-0.15, -0.1) is 0 Å². The van der Waals surface area contributed by atoms with Crippen LogP contribution in [0.15, 0.2) is 0 Å². The molecule has 3 N–H and O–H groups in total. The van der Waals surface area contributed by atoms with Crippen LogP contribution in [0.5, 0.6) is 0 Å². The second kappa shape index (κ2) is 12.0. The maximum Gasteiger partial charge on any atom is 0.329 e. The molecule has 25 heavy (non-hydrogen) atoms. The van der Waals surface area contributed by atoms with Crippen LogP contribution in [0.1, 0.15) is 34.6 Å². The van der Waals surface area contributed by atoms with Crippen LogP contribution in [0.2, 0.25) is 0 Å². The van der Waals surface area contributed by atoms with Crippen LogP contribution in [-0.4, -0.2) is 58.6 Å². The Balaban J connectivity index is 4.53. The third-order valence-corrected chi connectivity index (χ3v) is 5.55. The molecule has 0 spiro atoms. The van der Waals surface area contributed by atoms with E-state index in [0.717, 1.165) is 0 Å². The van der Waals surface area contributed by atoms with E-state index in [1.54, 1.807) is 6.92 Å². The molecule has 0 aromatic rings. The highest BCUT2D eigenvalue weighted by Crippen LogP contribution is 2.23. The molecule has 3 atom stereocenters. The molecule has 0 aliphatic heterocycles. The number of rotatable bonds is 11. The Bertz CT molecular complexity index is 487. The second-order valence-corrected chi connectivity index (χ2v) is 8.35. The highest BCUT2D eigenvalue weighted by molar-refractivity contribution is 8.76. The lowest BCUT2D eigenvalue weighted by Gasteiger charge is -2.21. The molecule has 0 aliphatic carbocycles. The van der Waals surface area contributed by atoms with Crippen LogP contribution in [0.25, 0.3) is 0 Å². The minimum Gasteiger partial charge on any atom is -0.480 e. The Morgan fingerprint density at radius 1 is 0.920 bits per heavy atom. The summed E-state index contributed by atoms with van der Waals surface area (Å²) >= 11 is 0. The van der Waals surface area contributed by atoms with Gasteiger partial charge in [0.05, 0.1) is 0 Å². The van der Waals surface area contributed by atoms with Crippen molar-refractivity contribution in [2.75, 3.05) is 11.5 Å². The second-order valence-electron chi connectivity index (χ2n) is 5.80. The van der Waals surface area contributed by atoms with E-state index in [0.29, 0.717) is 0 Å². The van der Waals surface area contributed by atoms with Crippen molar-refractivity contribution in [2.45, 2.75) is 52.8 Å². The summed E-state index contributed by atoms with van der Waals surface area (Å²) in [4.78, 5) is 45.4. The Morgan fingerprint density at radius 3 is 1.76 bits per heavy atom. The summed E-state index contributed by atoms with van der Waals surface area (Å²) in [6.45, 7) is 8.17. The van der Waals surface area contributed by atoms with Crippen LogP contribution >= 0.6 is 21.6 Å². The van der Waals surface area contributed by atoms with E-state index in [1.165, 1.54) is 35.4 Å². The molecule has 8 nitrogen and oxygen atoms in total. The molecule has 2 amide bonds. The monoisotopic (exact) mass is 394 g/mol. The Morgan fingerprint density at radius 2 is 1.36 bits per heavy atom. The first-order valence-electron chi connectivity index (χ1n) is 7.76. The SMILES string of the molecule is CC(=O)NC(CSSCC(NC(C)=O)C(=O)OC(C)C(C)C)C(=O)O. The number of esters is 1. The normalized spacial score (nSPS) is 14.3. The summed E-state index contributed by atoms with van der Waals surface area (Å²) in [6.07, 6.45) is -0.280. The van der Waals surface area contributed by atoms with Crippen molar-refractivity contribution in [1.29, 1.82) is 0 Å². The van der Waals surface area contributed by atoms with Crippen LogP contribution < -0.4 is 10.6 Å². The maximum absolute atomic E-state index is 12.2. The van der Waals surface area contributed by atoms with E-state index in [1.807, 2.05) is 13.8 Å². The number of aliphatic carboxylic acids is 1. The molecule has 0 bridgehead atoms. The number of amides is 2. The van der Waals surface area contributed by atoms with E-state index in [-0.39, 0.29) is 29.4 Å². The number of hydrogen-bond acceptors (Lipinski definition) is 7. The molecule has 0 radical (unpaired) electrons. The van der Waals surface area contributed by atoms with Gasteiger partial charge in [0.15, 0.2) is 0 Å². The largest absolute Gasteiger partial charge is 0.480 e. The first kappa shape index (κ1) is 23.6. The number of ether oxygens (including phenoxy) is 1. The highest BCUT2D eigenvalue weighted by atomic mass is 33.1. The lowest BCUT2D eigenvalue weighted by molar-refractivity contribution is -0.153. The minimum atomic E-state index is -1.13. The van der Waals surface area contributed by atoms with Gasteiger partial charge in [-0.25, -0.2) is 9.59 Å². The van der Waals surface area contributed by atoms with Gasteiger partial charge in [0, 0.05) is 25.4 Å². The molecule has 0 aliphatic rings. The summed E-state index contributed by atoms with van der Waals surface area (Å²) in [5, 5.41) is 13.9. The molecule has 144 valence electrons. The van der Waals surface area contributed by atoms with Crippen molar-refractivity contribution in [3.8, 4) is 0 Å². The number of carbonyl (C=O) groups excluding carboxylic acids is 3. The van der Waals surface area contributed by atoms with Crippen LogP contribution in [0, 0.1) is 5.92 Å². The number of hydrogen-bond donors (Lipinski definition) is 3. The minimum absolute atomic E-state index is 0.129. The molecule has 10 heteroatoms. The molecule has 0 fully saturated rings. The highest BCUT2D eigenvalue weighted by Gasteiger charge is 2.25. The van der Waals surface area contributed by atoms with Crippen molar-refractivity contribution in [3.05, 3.63) is 0 Å². The fraction of sp³-hybridized carbons (Fsp3) is 0.733. The Labute approximate surface area is 155 Å². The zero-order valence-electron chi connectivity index (χ0n) is 15.0. The number of carbonyl (C=O) groups is 4. The summed E-state index contributed by atoms with van der Waals surface area (Å²) in [5.74, 6) is -1.94. The van der Waals surface area contributed by atoms with Gasteiger partial charge < -0.3 is 20.5 Å². The topological polar surface area (TPSA) is 122 Å². The van der Waals surface area contributed by atoms with Gasteiger partial charge in [-0.2, -0.15) is 0 Å². The predicted molar refractivity (Wildman–Crippen MR) is 98.2 cm³/mol. The summed E-state index contributed by atoms with van der Waals surface area (Å²) in [5.41, 5.74) is 0.